The average molecular weight is 396 g/mol. The van der Waals surface area contributed by atoms with Gasteiger partial charge in [0, 0.05) is 24.6 Å². The molecule has 0 saturated carbocycles. The van der Waals surface area contributed by atoms with Crippen LogP contribution >= 0.6 is 0 Å². The number of benzene rings is 1. The van der Waals surface area contributed by atoms with Crippen LogP contribution in [0.2, 0.25) is 0 Å². The lowest BCUT2D eigenvalue weighted by atomic mass is 9.81. The number of carbonyl (C=O) groups excluding carboxylic acids is 1. The number of aromatic nitrogens is 2. The lowest BCUT2D eigenvalue weighted by molar-refractivity contribution is -0.142. The average Bonchev–Trinajstić information content (AvgIpc) is 2.98. The summed E-state index contributed by atoms with van der Waals surface area (Å²) >= 11 is 0. The molecular formula is C20H23F3N2O3. The highest BCUT2D eigenvalue weighted by Gasteiger charge is 2.45. The maximum atomic E-state index is 13.4. The standard InChI is InChI=1S/C20H23F3N2O3/c1-11(2)15-9-14(10-16(26)12-6-5-7-13(8-12)27-4)28-19-17(15)18(20(21,22)23)24-25(19)3/h5-8,11,14-15H,9-10H2,1-4H3/t14-,15+/m0/s1. The van der Waals surface area contributed by atoms with Crippen LogP contribution < -0.4 is 9.47 Å². The molecule has 152 valence electrons. The summed E-state index contributed by atoms with van der Waals surface area (Å²) in [5.41, 5.74) is -0.327. The first-order valence-electron chi connectivity index (χ1n) is 9.09. The van der Waals surface area contributed by atoms with Crippen molar-refractivity contribution in [3.63, 3.8) is 0 Å². The number of Topliss-reactive ketones (excluding diaryl/α,β-unsaturated/α-hetero) is 1. The number of rotatable bonds is 5. The Morgan fingerprint density at radius 1 is 1.39 bits per heavy atom. The molecule has 2 atom stereocenters. The largest absolute Gasteiger partial charge is 0.497 e. The first-order chi connectivity index (χ1) is 13.1. The van der Waals surface area contributed by atoms with E-state index in [2.05, 4.69) is 5.10 Å². The predicted octanol–water partition coefficient (Wildman–Crippen LogP) is 4.61. The molecule has 0 saturated heterocycles. The minimum Gasteiger partial charge on any atom is -0.497 e. The number of aryl methyl sites for hydroxylation is 1. The molecule has 0 bridgehead atoms. The molecule has 1 aliphatic heterocycles. The van der Waals surface area contributed by atoms with Crippen molar-refractivity contribution in [2.75, 3.05) is 7.11 Å². The van der Waals surface area contributed by atoms with Gasteiger partial charge in [-0.3, -0.25) is 4.79 Å². The van der Waals surface area contributed by atoms with Gasteiger partial charge in [0.25, 0.3) is 0 Å². The summed E-state index contributed by atoms with van der Waals surface area (Å²) in [6.07, 6.45) is -4.67. The van der Waals surface area contributed by atoms with E-state index in [0.29, 0.717) is 17.7 Å². The number of nitrogens with zero attached hydrogens (tertiary/aromatic N) is 2. The normalized spacial score (nSPS) is 19.3. The number of hydrogen-bond acceptors (Lipinski definition) is 4. The molecule has 28 heavy (non-hydrogen) atoms. The third kappa shape index (κ3) is 3.86. The Balaban J connectivity index is 1.89. The van der Waals surface area contributed by atoms with Crippen molar-refractivity contribution in [3.05, 3.63) is 41.1 Å². The third-order valence-corrected chi connectivity index (χ3v) is 5.07. The summed E-state index contributed by atoms with van der Waals surface area (Å²) in [6.45, 7) is 3.74. The van der Waals surface area contributed by atoms with Gasteiger partial charge in [-0.15, -0.1) is 0 Å². The Morgan fingerprint density at radius 2 is 2.11 bits per heavy atom. The summed E-state index contributed by atoms with van der Waals surface area (Å²) in [7, 11) is 2.95. The van der Waals surface area contributed by atoms with Crippen LogP contribution in [0.1, 0.15) is 54.2 Å². The molecule has 3 rings (SSSR count). The second-order valence-corrected chi connectivity index (χ2v) is 7.37. The molecule has 0 radical (unpaired) electrons. The Bertz CT molecular complexity index is 874. The molecule has 2 aromatic rings. The summed E-state index contributed by atoms with van der Waals surface area (Å²) in [6, 6.07) is 6.79. The molecule has 8 heteroatoms. The van der Waals surface area contributed by atoms with Gasteiger partial charge in [0.1, 0.15) is 11.9 Å². The molecule has 5 nitrogen and oxygen atoms in total. The van der Waals surface area contributed by atoms with Gasteiger partial charge in [0.2, 0.25) is 5.88 Å². The zero-order valence-corrected chi connectivity index (χ0v) is 16.2. The first kappa shape index (κ1) is 20.2. The highest BCUT2D eigenvalue weighted by Crippen LogP contribution is 2.47. The Kier molecular flexibility index (Phi) is 5.41. The van der Waals surface area contributed by atoms with Crippen molar-refractivity contribution in [2.24, 2.45) is 13.0 Å². The van der Waals surface area contributed by atoms with Crippen LogP contribution in [0, 0.1) is 5.92 Å². The van der Waals surface area contributed by atoms with Gasteiger partial charge in [-0.25, -0.2) is 4.68 Å². The van der Waals surface area contributed by atoms with Gasteiger partial charge in [0.15, 0.2) is 11.5 Å². The fourth-order valence-corrected chi connectivity index (χ4v) is 3.67. The maximum Gasteiger partial charge on any atom is 0.435 e. The molecule has 0 unspecified atom stereocenters. The molecule has 1 aromatic carbocycles. The van der Waals surface area contributed by atoms with Gasteiger partial charge in [-0.05, 0) is 30.4 Å². The number of halogens is 3. The molecule has 0 spiro atoms. The molecule has 1 aromatic heterocycles. The van der Waals surface area contributed by atoms with Crippen molar-refractivity contribution >= 4 is 5.78 Å². The number of ether oxygens (including phenoxy) is 2. The second kappa shape index (κ2) is 7.48. The smallest absolute Gasteiger partial charge is 0.435 e. The highest BCUT2D eigenvalue weighted by molar-refractivity contribution is 5.96. The van der Waals surface area contributed by atoms with Gasteiger partial charge in [-0.1, -0.05) is 26.0 Å². The minimum atomic E-state index is -4.55. The number of ketones is 1. The van der Waals surface area contributed by atoms with Crippen LogP contribution in [-0.4, -0.2) is 28.8 Å². The lowest BCUT2D eigenvalue weighted by Gasteiger charge is -2.33. The number of carbonyl (C=O) groups is 1. The van der Waals surface area contributed by atoms with E-state index in [1.165, 1.54) is 14.2 Å². The van der Waals surface area contributed by atoms with Crippen molar-refractivity contribution in [1.29, 1.82) is 0 Å². The molecule has 0 aliphatic carbocycles. The topological polar surface area (TPSA) is 53.3 Å². The van der Waals surface area contributed by atoms with Gasteiger partial charge >= 0.3 is 6.18 Å². The molecule has 1 aliphatic rings. The van der Waals surface area contributed by atoms with Crippen LogP contribution in [0.25, 0.3) is 0 Å². The van der Waals surface area contributed by atoms with E-state index in [-0.39, 0.29) is 29.6 Å². The first-order valence-corrected chi connectivity index (χ1v) is 9.09. The number of fused-ring (bicyclic) bond motifs is 1. The maximum absolute atomic E-state index is 13.4. The van der Waals surface area contributed by atoms with Crippen molar-refractivity contribution in [2.45, 2.75) is 44.9 Å². The van der Waals surface area contributed by atoms with E-state index in [1.807, 2.05) is 13.8 Å². The zero-order chi connectivity index (χ0) is 20.6. The van der Waals surface area contributed by atoms with Crippen molar-refractivity contribution in [3.8, 4) is 11.6 Å². The van der Waals surface area contributed by atoms with E-state index >= 15 is 0 Å². The molecular weight excluding hydrogens is 373 g/mol. The lowest BCUT2D eigenvalue weighted by Crippen LogP contribution is -2.31. The summed E-state index contributed by atoms with van der Waals surface area (Å²) in [5.74, 6) is 0.0764. The summed E-state index contributed by atoms with van der Waals surface area (Å²) in [5, 5.41) is 3.66. The molecule has 0 fully saturated rings. The molecule has 0 N–H and O–H groups in total. The molecule has 2 heterocycles. The van der Waals surface area contributed by atoms with Crippen LogP contribution in [0.15, 0.2) is 24.3 Å². The van der Waals surface area contributed by atoms with Gasteiger partial charge in [0.05, 0.1) is 7.11 Å². The highest BCUT2D eigenvalue weighted by atomic mass is 19.4. The quantitative estimate of drug-likeness (QED) is 0.693. The van der Waals surface area contributed by atoms with Crippen LogP contribution in [0.4, 0.5) is 13.2 Å². The Morgan fingerprint density at radius 3 is 2.71 bits per heavy atom. The fraction of sp³-hybridized carbons (Fsp3) is 0.500. The van der Waals surface area contributed by atoms with Crippen LogP contribution in [-0.2, 0) is 13.2 Å². The SMILES string of the molecule is COc1cccc(C(=O)C[C@@H]2C[C@H](C(C)C)c3c(C(F)(F)F)nn(C)c3O2)c1. The number of alkyl halides is 3. The van der Waals surface area contributed by atoms with E-state index < -0.39 is 23.9 Å². The van der Waals surface area contributed by atoms with Gasteiger partial charge < -0.3 is 9.47 Å². The van der Waals surface area contributed by atoms with E-state index in [0.717, 1.165) is 4.68 Å². The van der Waals surface area contributed by atoms with Crippen LogP contribution in [0.5, 0.6) is 11.6 Å². The zero-order valence-electron chi connectivity index (χ0n) is 16.2. The summed E-state index contributed by atoms with van der Waals surface area (Å²) in [4.78, 5) is 12.7. The summed E-state index contributed by atoms with van der Waals surface area (Å²) < 4.78 is 52.4. The van der Waals surface area contributed by atoms with Gasteiger partial charge in [-0.2, -0.15) is 18.3 Å². The minimum absolute atomic E-state index is 0.0534. The van der Waals surface area contributed by atoms with Crippen molar-refractivity contribution < 1.29 is 27.4 Å². The molecule has 0 amide bonds. The Hall–Kier alpha value is -2.51. The van der Waals surface area contributed by atoms with E-state index in [4.69, 9.17) is 9.47 Å². The van der Waals surface area contributed by atoms with Crippen LogP contribution in [0.3, 0.4) is 0 Å². The predicted molar refractivity (Wildman–Crippen MR) is 96.8 cm³/mol. The number of hydrogen-bond donors (Lipinski definition) is 0. The monoisotopic (exact) mass is 396 g/mol. The fourth-order valence-electron chi connectivity index (χ4n) is 3.67. The number of methoxy groups -OCH3 is 1. The van der Waals surface area contributed by atoms with Crippen molar-refractivity contribution in [1.82, 2.24) is 9.78 Å². The Labute approximate surface area is 161 Å². The third-order valence-electron chi connectivity index (χ3n) is 5.07. The van der Waals surface area contributed by atoms with E-state index in [1.54, 1.807) is 24.3 Å². The van der Waals surface area contributed by atoms with E-state index in [9.17, 15) is 18.0 Å². The second-order valence-electron chi connectivity index (χ2n) is 7.37.